The van der Waals surface area contributed by atoms with Crippen LogP contribution < -0.4 is 15.4 Å². The standard InChI is InChI=1S/C24H24N2O3S/c1-16-11-17(2)13-20(12-16)25-23(27)15-30-22-9-7-19(8-10-22)26-24(28)18-5-4-6-21(14-18)29-3/h4-14H,15H2,1-3H3,(H,25,27)(H,26,28). The summed E-state index contributed by atoms with van der Waals surface area (Å²) in [5.41, 5.74) is 4.26. The van der Waals surface area contributed by atoms with E-state index in [-0.39, 0.29) is 11.8 Å². The van der Waals surface area contributed by atoms with Gasteiger partial charge in [-0.3, -0.25) is 9.59 Å². The van der Waals surface area contributed by atoms with E-state index >= 15 is 0 Å². The van der Waals surface area contributed by atoms with Crippen molar-refractivity contribution in [3.63, 3.8) is 0 Å². The van der Waals surface area contributed by atoms with E-state index in [9.17, 15) is 9.59 Å². The van der Waals surface area contributed by atoms with Crippen LogP contribution in [-0.4, -0.2) is 24.7 Å². The molecule has 0 aliphatic carbocycles. The molecule has 0 saturated heterocycles. The number of rotatable bonds is 7. The van der Waals surface area contributed by atoms with Gasteiger partial charge in [0, 0.05) is 21.8 Å². The molecule has 0 bridgehead atoms. The maximum atomic E-state index is 12.4. The van der Waals surface area contributed by atoms with Gasteiger partial charge in [0.1, 0.15) is 5.75 Å². The number of hydrogen-bond donors (Lipinski definition) is 2. The number of amides is 2. The number of hydrogen-bond acceptors (Lipinski definition) is 4. The van der Waals surface area contributed by atoms with Crippen LogP contribution in [-0.2, 0) is 4.79 Å². The van der Waals surface area contributed by atoms with E-state index in [0.717, 1.165) is 21.7 Å². The van der Waals surface area contributed by atoms with Crippen LogP contribution in [0.2, 0.25) is 0 Å². The Morgan fingerprint density at radius 1 is 0.867 bits per heavy atom. The first-order valence-electron chi connectivity index (χ1n) is 9.49. The third-order valence-electron chi connectivity index (χ3n) is 4.32. The Labute approximate surface area is 180 Å². The fourth-order valence-corrected chi connectivity index (χ4v) is 3.69. The molecule has 0 heterocycles. The molecule has 2 N–H and O–H groups in total. The molecular formula is C24H24N2O3S. The highest BCUT2D eigenvalue weighted by molar-refractivity contribution is 8.00. The smallest absolute Gasteiger partial charge is 0.255 e. The molecule has 3 aromatic carbocycles. The molecule has 0 atom stereocenters. The fraction of sp³-hybridized carbons (Fsp3) is 0.167. The van der Waals surface area contributed by atoms with Crippen molar-refractivity contribution in [1.29, 1.82) is 0 Å². The van der Waals surface area contributed by atoms with Crippen LogP contribution in [0.5, 0.6) is 5.75 Å². The van der Waals surface area contributed by atoms with Gasteiger partial charge in [-0.2, -0.15) is 0 Å². The average Bonchev–Trinajstić information content (AvgIpc) is 2.72. The molecule has 6 heteroatoms. The summed E-state index contributed by atoms with van der Waals surface area (Å²) >= 11 is 1.44. The molecule has 5 nitrogen and oxygen atoms in total. The van der Waals surface area contributed by atoms with Gasteiger partial charge in [0.25, 0.3) is 5.91 Å². The summed E-state index contributed by atoms with van der Waals surface area (Å²) in [6.07, 6.45) is 0. The Kier molecular flexibility index (Phi) is 7.14. The van der Waals surface area contributed by atoms with Crippen molar-refractivity contribution in [2.24, 2.45) is 0 Å². The molecular weight excluding hydrogens is 396 g/mol. The molecule has 3 rings (SSSR count). The first kappa shape index (κ1) is 21.5. The van der Waals surface area contributed by atoms with Gasteiger partial charge in [0.2, 0.25) is 5.91 Å². The third-order valence-corrected chi connectivity index (χ3v) is 5.33. The van der Waals surface area contributed by atoms with E-state index in [1.807, 2.05) is 50.2 Å². The molecule has 0 unspecified atom stereocenters. The van der Waals surface area contributed by atoms with E-state index in [2.05, 4.69) is 16.7 Å². The molecule has 0 aromatic heterocycles. The maximum absolute atomic E-state index is 12.4. The maximum Gasteiger partial charge on any atom is 0.255 e. The number of methoxy groups -OCH3 is 1. The highest BCUT2D eigenvalue weighted by atomic mass is 32.2. The molecule has 0 fully saturated rings. The average molecular weight is 421 g/mol. The summed E-state index contributed by atoms with van der Waals surface area (Å²) < 4.78 is 5.15. The Bertz CT molecular complexity index is 1030. The predicted molar refractivity (Wildman–Crippen MR) is 123 cm³/mol. The molecule has 0 spiro atoms. The van der Waals surface area contributed by atoms with E-state index in [1.54, 1.807) is 31.4 Å². The van der Waals surface area contributed by atoms with E-state index in [0.29, 0.717) is 22.8 Å². The lowest BCUT2D eigenvalue weighted by molar-refractivity contribution is -0.113. The van der Waals surface area contributed by atoms with Crippen LogP contribution in [0.25, 0.3) is 0 Å². The molecule has 154 valence electrons. The lowest BCUT2D eigenvalue weighted by atomic mass is 10.1. The predicted octanol–water partition coefficient (Wildman–Crippen LogP) is 5.30. The monoisotopic (exact) mass is 420 g/mol. The highest BCUT2D eigenvalue weighted by Gasteiger charge is 2.08. The normalized spacial score (nSPS) is 10.4. The summed E-state index contributed by atoms with van der Waals surface area (Å²) in [5, 5.41) is 5.79. The van der Waals surface area contributed by atoms with Crippen molar-refractivity contribution in [3.8, 4) is 5.75 Å². The summed E-state index contributed by atoms with van der Waals surface area (Å²) in [6, 6.07) is 20.4. The summed E-state index contributed by atoms with van der Waals surface area (Å²) in [7, 11) is 1.57. The van der Waals surface area contributed by atoms with E-state index < -0.39 is 0 Å². The number of carbonyl (C=O) groups is 2. The zero-order valence-electron chi connectivity index (χ0n) is 17.2. The molecule has 3 aromatic rings. The van der Waals surface area contributed by atoms with Crippen LogP contribution in [0.15, 0.2) is 71.6 Å². The first-order chi connectivity index (χ1) is 14.4. The third kappa shape index (κ3) is 6.12. The molecule has 0 radical (unpaired) electrons. The van der Waals surface area contributed by atoms with Gasteiger partial charge in [-0.25, -0.2) is 0 Å². The Hall–Kier alpha value is -3.25. The van der Waals surface area contributed by atoms with Gasteiger partial charge >= 0.3 is 0 Å². The topological polar surface area (TPSA) is 67.4 Å². The second kappa shape index (κ2) is 9.98. The van der Waals surface area contributed by atoms with Crippen LogP contribution >= 0.6 is 11.8 Å². The second-order valence-corrected chi connectivity index (χ2v) is 7.97. The number of aryl methyl sites for hydroxylation is 2. The molecule has 0 aliphatic rings. The quantitative estimate of drug-likeness (QED) is 0.509. The minimum atomic E-state index is -0.206. The zero-order chi connectivity index (χ0) is 21.5. The second-order valence-electron chi connectivity index (χ2n) is 6.92. The summed E-state index contributed by atoms with van der Waals surface area (Å²) in [4.78, 5) is 25.6. The zero-order valence-corrected chi connectivity index (χ0v) is 18.0. The first-order valence-corrected chi connectivity index (χ1v) is 10.5. The molecule has 2 amide bonds. The number of ether oxygens (including phenoxy) is 1. The van der Waals surface area contributed by atoms with Gasteiger partial charge in [-0.15, -0.1) is 11.8 Å². The largest absolute Gasteiger partial charge is 0.497 e. The van der Waals surface area contributed by atoms with Crippen molar-refractivity contribution >= 4 is 35.0 Å². The van der Waals surface area contributed by atoms with Crippen LogP contribution in [0, 0.1) is 13.8 Å². The van der Waals surface area contributed by atoms with Crippen molar-refractivity contribution in [1.82, 2.24) is 0 Å². The number of benzene rings is 3. The van der Waals surface area contributed by atoms with Crippen molar-refractivity contribution in [3.05, 3.63) is 83.4 Å². The fourth-order valence-electron chi connectivity index (χ4n) is 2.99. The summed E-state index contributed by atoms with van der Waals surface area (Å²) in [5.74, 6) is 0.679. The highest BCUT2D eigenvalue weighted by Crippen LogP contribution is 2.22. The number of thioether (sulfide) groups is 1. The van der Waals surface area contributed by atoms with Crippen molar-refractivity contribution < 1.29 is 14.3 Å². The number of carbonyl (C=O) groups excluding carboxylic acids is 2. The summed E-state index contributed by atoms with van der Waals surface area (Å²) in [6.45, 7) is 4.01. The Balaban J connectivity index is 1.52. The van der Waals surface area contributed by atoms with E-state index in [1.165, 1.54) is 11.8 Å². The van der Waals surface area contributed by atoms with Gasteiger partial charge in [0.15, 0.2) is 0 Å². The van der Waals surface area contributed by atoms with Gasteiger partial charge in [-0.1, -0.05) is 12.1 Å². The van der Waals surface area contributed by atoms with Crippen molar-refractivity contribution in [2.45, 2.75) is 18.7 Å². The molecule has 0 saturated carbocycles. The lowest BCUT2D eigenvalue weighted by Gasteiger charge is -2.09. The number of nitrogens with one attached hydrogen (secondary N) is 2. The van der Waals surface area contributed by atoms with Gasteiger partial charge < -0.3 is 15.4 Å². The minimum Gasteiger partial charge on any atom is -0.497 e. The van der Waals surface area contributed by atoms with Crippen LogP contribution in [0.4, 0.5) is 11.4 Å². The Morgan fingerprint density at radius 3 is 2.23 bits per heavy atom. The van der Waals surface area contributed by atoms with Crippen molar-refractivity contribution in [2.75, 3.05) is 23.5 Å². The SMILES string of the molecule is COc1cccc(C(=O)Nc2ccc(SCC(=O)Nc3cc(C)cc(C)c3)cc2)c1. The van der Waals surface area contributed by atoms with Crippen LogP contribution in [0.3, 0.4) is 0 Å². The lowest BCUT2D eigenvalue weighted by Crippen LogP contribution is -2.14. The van der Waals surface area contributed by atoms with Gasteiger partial charge in [-0.05, 0) is 79.6 Å². The van der Waals surface area contributed by atoms with Crippen LogP contribution in [0.1, 0.15) is 21.5 Å². The Morgan fingerprint density at radius 2 is 1.57 bits per heavy atom. The molecule has 30 heavy (non-hydrogen) atoms. The minimum absolute atomic E-state index is 0.0552. The van der Waals surface area contributed by atoms with Gasteiger partial charge in [0.05, 0.1) is 12.9 Å². The van der Waals surface area contributed by atoms with E-state index in [4.69, 9.17) is 4.74 Å². The number of anilines is 2. The molecule has 0 aliphatic heterocycles.